The summed E-state index contributed by atoms with van der Waals surface area (Å²) in [6, 6.07) is 15.6. The van der Waals surface area contributed by atoms with Gasteiger partial charge in [-0.1, -0.05) is 24.3 Å². The molecule has 4 aromatic carbocycles. The number of hydrogen-bond donors (Lipinski definition) is 3. The first-order chi connectivity index (χ1) is 26.2. The zero-order valence-corrected chi connectivity index (χ0v) is 30.0. The molecule has 1 fully saturated rings. The van der Waals surface area contributed by atoms with Gasteiger partial charge in [-0.25, -0.2) is 9.97 Å². The average Bonchev–Trinajstić information content (AvgIpc) is 3.86. The second-order valence-electron chi connectivity index (χ2n) is 13.7. The molecule has 0 amide bonds. The molecule has 0 aliphatic carbocycles. The molecule has 0 spiro atoms. The number of rotatable bonds is 12. The first-order valence-electron chi connectivity index (χ1n) is 17.6. The predicted octanol–water partition coefficient (Wildman–Crippen LogP) is 8.73. The van der Waals surface area contributed by atoms with Gasteiger partial charge in [0.05, 0.1) is 6.10 Å². The molecule has 15 heteroatoms. The van der Waals surface area contributed by atoms with Gasteiger partial charge in [-0.3, -0.25) is 9.69 Å². The van der Waals surface area contributed by atoms with Gasteiger partial charge in [0.2, 0.25) is 11.8 Å². The zero-order valence-electron chi connectivity index (χ0n) is 30.0. The van der Waals surface area contributed by atoms with Gasteiger partial charge >= 0.3 is 18.8 Å². The molecule has 3 N–H and O–H groups in total. The number of nitrogens with zero attached hydrogens (tertiary/aromatic N) is 3. The van der Waals surface area contributed by atoms with Crippen molar-refractivity contribution in [1.82, 2.24) is 20.2 Å². The Morgan fingerprint density at radius 2 is 1.60 bits per heavy atom. The highest BCUT2D eigenvalue weighted by Gasteiger charge is 2.36. The highest BCUT2D eigenvalue weighted by atomic mass is 19.4. The number of nitrogens with one attached hydrogen (secondary N) is 1. The third kappa shape index (κ3) is 7.77. The molecule has 1 aliphatic rings. The van der Waals surface area contributed by atoms with Crippen molar-refractivity contribution in [3.8, 4) is 39.8 Å². The van der Waals surface area contributed by atoms with E-state index in [1.54, 1.807) is 42.2 Å². The molecule has 10 nitrogen and oxygen atoms in total. The normalized spacial score (nSPS) is 15.8. The van der Waals surface area contributed by atoms with Gasteiger partial charge in [-0.2, -0.15) is 22.0 Å². The molecule has 3 heterocycles. The number of likely N-dealkylation sites (tertiary alicyclic amines) is 1. The van der Waals surface area contributed by atoms with E-state index in [2.05, 4.69) is 15.3 Å². The van der Waals surface area contributed by atoms with E-state index in [0.29, 0.717) is 52.7 Å². The molecule has 288 valence electrons. The summed E-state index contributed by atoms with van der Waals surface area (Å²) in [5.41, 5.74) is 4.05. The molecule has 0 saturated carbocycles. The fourth-order valence-electron chi connectivity index (χ4n) is 7.22. The quantitative estimate of drug-likeness (QED) is 0.104. The zero-order chi connectivity index (χ0) is 39.2. The molecular formula is C40H37F5N4O6. The summed E-state index contributed by atoms with van der Waals surface area (Å²) in [7, 11) is 0. The molecule has 0 bridgehead atoms. The van der Waals surface area contributed by atoms with Crippen molar-refractivity contribution in [1.29, 1.82) is 0 Å². The van der Waals surface area contributed by atoms with E-state index in [1.165, 1.54) is 12.1 Å². The Labute approximate surface area is 311 Å². The molecule has 2 atom stereocenters. The Morgan fingerprint density at radius 3 is 2.22 bits per heavy atom. The second-order valence-corrected chi connectivity index (χ2v) is 13.7. The third-order valence-corrected chi connectivity index (χ3v) is 9.85. The second kappa shape index (κ2) is 15.0. The van der Waals surface area contributed by atoms with Crippen molar-refractivity contribution in [2.24, 2.45) is 0 Å². The van der Waals surface area contributed by atoms with Crippen molar-refractivity contribution >= 4 is 28.2 Å². The maximum absolute atomic E-state index is 14.2. The van der Waals surface area contributed by atoms with E-state index in [9.17, 15) is 37.0 Å². The number of aliphatic hydroxyl groups is 1. The number of halogens is 5. The van der Waals surface area contributed by atoms with E-state index in [0.717, 1.165) is 22.8 Å². The van der Waals surface area contributed by atoms with Crippen LogP contribution in [0.15, 0.2) is 69.5 Å². The minimum Gasteiger partial charge on any atom is -0.480 e. The minimum atomic E-state index is -4.70. The maximum atomic E-state index is 14.2. The highest BCUT2D eigenvalue weighted by molar-refractivity contribution is 5.86. The number of benzene rings is 4. The maximum Gasteiger partial charge on any atom is 0.420 e. The summed E-state index contributed by atoms with van der Waals surface area (Å²) in [6.07, 6.45) is -4.26. The van der Waals surface area contributed by atoms with Crippen LogP contribution in [-0.4, -0.2) is 62.9 Å². The number of ether oxygens (including phenoxy) is 1. The van der Waals surface area contributed by atoms with E-state index >= 15 is 0 Å². The first-order valence-corrected chi connectivity index (χ1v) is 17.6. The van der Waals surface area contributed by atoms with E-state index in [-0.39, 0.29) is 53.8 Å². The van der Waals surface area contributed by atoms with Crippen LogP contribution in [0.3, 0.4) is 0 Å². The molecule has 0 radical (unpaired) electrons. The number of carbonyl (C=O) groups is 1. The summed E-state index contributed by atoms with van der Waals surface area (Å²) >= 11 is 0. The molecule has 1 aliphatic heterocycles. The SMILES string of the molecule is Cc1c(-c2nc3cc(CN4CCC[C@H]4C(=O)O)c(OC(F)F)cc3o2)cccc1-c1cccc(-c2nc3cc(CNCC(C)O)cc(C(F)(F)F)c3o2)c1C. The Kier molecular flexibility index (Phi) is 10.4. The number of aliphatic hydroxyl groups excluding tert-OH is 1. The fourth-order valence-corrected chi connectivity index (χ4v) is 7.22. The van der Waals surface area contributed by atoms with Crippen LogP contribution in [0, 0.1) is 13.8 Å². The molecular weight excluding hydrogens is 727 g/mol. The summed E-state index contributed by atoms with van der Waals surface area (Å²) < 4.78 is 86.3. The highest BCUT2D eigenvalue weighted by Crippen LogP contribution is 2.41. The summed E-state index contributed by atoms with van der Waals surface area (Å²) in [5, 5.41) is 22.1. The van der Waals surface area contributed by atoms with Crippen LogP contribution in [-0.2, 0) is 24.1 Å². The van der Waals surface area contributed by atoms with Gasteiger partial charge in [0.15, 0.2) is 11.2 Å². The van der Waals surface area contributed by atoms with Crippen LogP contribution in [0.5, 0.6) is 5.75 Å². The van der Waals surface area contributed by atoms with E-state index < -0.39 is 36.5 Å². The lowest BCUT2D eigenvalue weighted by atomic mass is 9.91. The minimum absolute atomic E-state index is 0.0166. The summed E-state index contributed by atoms with van der Waals surface area (Å²) in [6.45, 7) is 3.00. The number of fused-ring (bicyclic) bond motifs is 2. The monoisotopic (exact) mass is 764 g/mol. The Hall–Kier alpha value is -5.38. The Balaban J connectivity index is 1.24. The van der Waals surface area contributed by atoms with Crippen LogP contribution >= 0.6 is 0 Å². The number of aliphatic carboxylic acids is 1. The van der Waals surface area contributed by atoms with E-state index in [4.69, 9.17) is 13.6 Å². The standard InChI is InChI=1S/C40H37F5N4O6/c1-20(50)17-46-18-23-13-29(40(43,44)45)35-31(14-23)48-37(55-35)28-10-5-8-26(22(28)3)25-7-4-9-27(21(25)2)36-47-30-15-24(19-49-12-6-11-32(49)38(51)52)33(54-39(41)42)16-34(30)53-36/h4-5,7-10,13-16,20,32,39,46,50H,6,11-12,17-19H2,1-3H3,(H,51,52)/t20?,32-/m0/s1. The lowest BCUT2D eigenvalue weighted by molar-refractivity contribution is -0.142. The van der Waals surface area contributed by atoms with Crippen LogP contribution in [0.25, 0.3) is 56.2 Å². The first kappa shape index (κ1) is 37.9. The smallest absolute Gasteiger partial charge is 0.420 e. The van der Waals surface area contributed by atoms with Gasteiger partial charge in [-0.05, 0) is 98.3 Å². The lowest BCUT2D eigenvalue weighted by Gasteiger charge is -2.22. The molecule has 1 unspecified atom stereocenters. The van der Waals surface area contributed by atoms with E-state index in [1.807, 2.05) is 26.0 Å². The Bertz CT molecular complexity index is 2390. The topological polar surface area (TPSA) is 134 Å². The number of alkyl halides is 5. The number of aromatic nitrogens is 2. The van der Waals surface area contributed by atoms with Crippen molar-refractivity contribution in [3.63, 3.8) is 0 Å². The lowest BCUT2D eigenvalue weighted by Crippen LogP contribution is -2.35. The van der Waals surface area contributed by atoms with Gasteiger partial charge in [-0.15, -0.1) is 0 Å². The van der Waals surface area contributed by atoms with Crippen LogP contribution in [0.1, 0.15) is 47.6 Å². The van der Waals surface area contributed by atoms with Crippen molar-refractivity contribution in [2.75, 3.05) is 13.1 Å². The van der Waals surface area contributed by atoms with Crippen LogP contribution < -0.4 is 10.1 Å². The number of carboxylic acid groups (broad SMARTS) is 1. The molecule has 7 rings (SSSR count). The Morgan fingerprint density at radius 1 is 0.964 bits per heavy atom. The number of hydrogen-bond acceptors (Lipinski definition) is 9. The van der Waals surface area contributed by atoms with Gasteiger partial charge < -0.3 is 29.1 Å². The average molecular weight is 765 g/mol. The van der Waals surface area contributed by atoms with Crippen molar-refractivity contribution < 1.29 is 50.5 Å². The summed E-state index contributed by atoms with van der Waals surface area (Å²) in [4.78, 5) is 22.7. The molecule has 6 aromatic rings. The predicted molar refractivity (Wildman–Crippen MR) is 193 cm³/mol. The van der Waals surface area contributed by atoms with Crippen LogP contribution in [0.4, 0.5) is 22.0 Å². The summed E-state index contributed by atoms with van der Waals surface area (Å²) in [5.74, 6) is -0.885. The molecule has 2 aromatic heterocycles. The van der Waals surface area contributed by atoms with Crippen LogP contribution in [0.2, 0.25) is 0 Å². The van der Waals surface area contributed by atoms with Gasteiger partial charge in [0.1, 0.15) is 28.4 Å². The molecule has 1 saturated heterocycles. The van der Waals surface area contributed by atoms with Crippen molar-refractivity contribution in [3.05, 3.63) is 88.5 Å². The van der Waals surface area contributed by atoms with Gasteiger partial charge in [0, 0.05) is 42.4 Å². The number of oxazole rings is 2. The fraction of sp³-hybridized carbons (Fsp3) is 0.325. The van der Waals surface area contributed by atoms with Crippen molar-refractivity contribution in [2.45, 2.75) is 71.6 Å². The van der Waals surface area contributed by atoms with Gasteiger partial charge in [0.25, 0.3) is 0 Å². The third-order valence-electron chi connectivity index (χ3n) is 9.85. The molecule has 55 heavy (non-hydrogen) atoms. The largest absolute Gasteiger partial charge is 0.480 e. The number of carboxylic acids is 1.